The van der Waals surface area contributed by atoms with Crippen molar-refractivity contribution < 1.29 is 27.8 Å². The van der Waals surface area contributed by atoms with E-state index < -0.39 is 29.0 Å². The molecule has 0 aliphatic carbocycles. The van der Waals surface area contributed by atoms with E-state index in [1.165, 1.54) is 6.08 Å². The van der Waals surface area contributed by atoms with Crippen LogP contribution in [0.5, 0.6) is 0 Å². The molecule has 0 amide bonds. The smallest absolute Gasteiger partial charge is 0.347 e. The summed E-state index contributed by atoms with van der Waals surface area (Å²) in [5.41, 5.74) is 0.641. The van der Waals surface area contributed by atoms with Crippen LogP contribution in [-0.4, -0.2) is 28.3 Å². The summed E-state index contributed by atoms with van der Waals surface area (Å²) in [5.74, 6) is -3.79. The van der Waals surface area contributed by atoms with Crippen LogP contribution >= 0.6 is 0 Å². The van der Waals surface area contributed by atoms with Gasteiger partial charge in [-0.15, -0.1) is 0 Å². The Morgan fingerprint density at radius 2 is 2.17 bits per heavy atom. The molecule has 152 valence electrons. The molecular formula is C21H15F2N3O4. The molecule has 0 atom stereocenters. The molecule has 30 heavy (non-hydrogen) atoms. The number of ether oxygens (including phenoxy) is 2. The number of esters is 1. The molecule has 3 heterocycles. The summed E-state index contributed by atoms with van der Waals surface area (Å²) in [6.45, 7) is 1.61. The number of anilines is 1. The van der Waals surface area contributed by atoms with Gasteiger partial charge >= 0.3 is 5.97 Å². The molecule has 0 spiro atoms. The molecule has 1 aliphatic heterocycles. The van der Waals surface area contributed by atoms with Crippen LogP contribution in [0.2, 0.25) is 0 Å². The standard InChI is InChI=1S/C21H15F2N3O4/c1-2-29-21(28)17-18(27)16(8-11-10-25-19-13(11)4-3-7-24-19)30-20(17)26-15-6-5-12(22)9-14(15)23/h3-10,26H,2H2,1H3,(H,24,25)/b16-8-. The fourth-order valence-corrected chi connectivity index (χ4v) is 2.96. The number of carbonyl (C=O) groups is 2. The summed E-state index contributed by atoms with van der Waals surface area (Å²) in [7, 11) is 0. The van der Waals surface area contributed by atoms with E-state index in [1.807, 2.05) is 0 Å². The quantitative estimate of drug-likeness (QED) is 0.378. The fourth-order valence-electron chi connectivity index (χ4n) is 2.96. The fraction of sp³-hybridized carbons (Fsp3) is 0.0952. The number of ketones is 1. The van der Waals surface area contributed by atoms with Gasteiger partial charge < -0.3 is 19.8 Å². The Kier molecular flexibility index (Phi) is 5.01. The minimum absolute atomic E-state index is 0.0287. The van der Waals surface area contributed by atoms with E-state index in [0.717, 1.165) is 17.5 Å². The van der Waals surface area contributed by atoms with Crippen LogP contribution in [0.1, 0.15) is 12.5 Å². The maximum Gasteiger partial charge on any atom is 0.347 e. The van der Waals surface area contributed by atoms with Gasteiger partial charge in [0.25, 0.3) is 0 Å². The number of aromatic amines is 1. The first-order valence-electron chi connectivity index (χ1n) is 8.97. The minimum Gasteiger partial charge on any atom is -0.462 e. The largest absolute Gasteiger partial charge is 0.462 e. The number of nitrogens with zero attached hydrogens (tertiary/aromatic N) is 1. The van der Waals surface area contributed by atoms with Gasteiger partial charge in [0.2, 0.25) is 11.7 Å². The van der Waals surface area contributed by atoms with Gasteiger partial charge in [-0.1, -0.05) is 0 Å². The molecule has 7 nitrogen and oxygen atoms in total. The SMILES string of the molecule is CCOC(=O)C1=C(Nc2ccc(F)cc2F)O/C(=C\c2c[nH]c3ncccc23)C1=O. The lowest BCUT2D eigenvalue weighted by atomic mass is 10.1. The molecule has 0 radical (unpaired) electrons. The van der Waals surface area contributed by atoms with Crippen LogP contribution in [0.15, 0.2) is 59.9 Å². The summed E-state index contributed by atoms with van der Waals surface area (Å²) in [6.07, 6.45) is 4.70. The number of nitrogens with one attached hydrogen (secondary N) is 2. The van der Waals surface area contributed by atoms with Crippen LogP contribution in [-0.2, 0) is 19.1 Å². The molecule has 2 N–H and O–H groups in total. The van der Waals surface area contributed by atoms with Gasteiger partial charge in [-0.2, -0.15) is 0 Å². The molecule has 2 aromatic heterocycles. The molecule has 1 aromatic carbocycles. The van der Waals surface area contributed by atoms with Gasteiger partial charge in [0.1, 0.15) is 17.3 Å². The Balaban J connectivity index is 1.72. The molecule has 3 aromatic rings. The van der Waals surface area contributed by atoms with Crippen molar-refractivity contribution in [2.24, 2.45) is 0 Å². The van der Waals surface area contributed by atoms with Crippen molar-refractivity contribution in [3.05, 3.63) is 77.1 Å². The van der Waals surface area contributed by atoms with Crippen molar-refractivity contribution in [2.75, 3.05) is 11.9 Å². The predicted octanol–water partition coefficient (Wildman–Crippen LogP) is 3.67. The third-order valence-corrected chi connectivity index (χ3v) is 4.32. The number of hydrogen-bond acceptors (Lipinski definition) is 6. The van der Waals surface area contributed by atoms with E-state index in [9.17, 15) is 18.4 Å². The Morgan fingerprint density at radius 1 is 1.33 bits per heavy atom. The zero-order chi connectivity index (χ0) is 21.3. The summed E-state index contributed by atoms with van der Waals surface area (Å²) in [6, 6.07) is 6.36. The Labute approximate surface area is 169 Å². The number of fused-ring (bicyclic) bond motifs is 1. The lowest BCUT2D eigenvalue weighted by Gasteiger charge is -2.09. The number of carbonyl (C=O) groups excluding carboxylic acids is 2. The molecule has 0 unspecified atom stereocenters. The average molecular weight is 411 g/mol. The van der Waals surface area contributed by atoms with Crippen molar-refractivity contribution in [1.82, 2.24) is 9.97 Å². The van der Waals surface area contributed by atoms with E-state index in [0.29, 0.717) is 17.3 Å². The highest BCUT2D eigenvalue weighted by Gasteiger charge is 2.37. The maximum atomic E-state index is 14.0. The highest BCUT2D eigenvalue weighted by atomic mass is 19.1. The monoisotopic (exact) mass is 411 g/mol. The normalized spacial score (nSPS) is 15.0. The van der Waals surface area contributed by atoms with Crippen molar-refractivity contribution in [2.45, 2.75) is 6.92 Å². The van der Waals surface area contributed by atoms with Crippen LogP contribution in [0, 0.1) is 11.6 Å². The van der Waals surface area contributed by atoms with Crippen molar-refractivity contribution in [3.8, 4) is 0 Å². The average Bonchev–Trinajstić information content (AvgIpc) is 3.26. The second-order valence-electron chi connectivity index (χ2n) is 6.26. The van der Waals surface area contributed by atoms with E-state index >= 15 is 0 Å². The molecule has 0 saturated heterocycles. The van der Waals surface area contributed by atoms with Crippen molar-refractivity contribution in [1.29, 1.82) is 0 Å². The van der Waals surface area contributed by atoms with Crippen molar-refractivity contribution >= 4 is 34.5 Å². The number of Topliss-reactive ketones (excluding diaryl/α,β-unsaturated/α-hetero) is 1. The first kappa shape index (κ1) is 19.3. The van der Waals surface area contributed by atoms with Gasteiger partial charge in [0.05, 0.1) is 12.3 Å². The summed E-state index contributed by atoms with van der Waals surface area (Å²) in [4.78, 5) is 32.3. The highest BCUT2D eigenvalue weighted by molar-refractivity contribution is 6.26. The zero-order valence-corrected chi connectivity index (χ0v) is 15.7. The van der Waals surface area contributed by atoms with E-state index in [2.05, 4.69) is 15.3 Å². The van der Waals surface area contributed by atoms with Gasteiger partial charge in [-0.3, -0.25) is 4.79 Å². The Hall–Kier alpha value is -4.01. The first-order chi connectivity index (χ1) is 14.5. The first-order valence-corrected chi connectivity index (χ1v) is 8.97. The zero-order valence-electron chi connectivity index (χ0n) is 15.7. The van der Waals surface area contributed by atoms with E-state index in [4.69, 9.17) is 9.47 Å². The van der Waals surface area contributed by atoms with Gasteiger partial charge in [0.15, 0.2) is 11.3 Å². The number of benzene rings is 1. The number of halogens is 2. The lowest BCUT2D eigenvalue weighted by Crippen LogP contribution is -2.16. The molecule has 0 bridgehead atoms. The summed E-state index contributed by atoms with van der Waals surface area (Å²) in [5, 5.41) is 3.28. The van der Waals surface area contributed by atoms with Gasteiger partial charge in [0, 0.05) is 29.4 Å². The topological polar surface area (TPSA) is 93.3 Å². The lowest BCUT2D eigenvalue weighted by molar-refractivity contribution is -0.139. The highest BCUT2D eigenvalue weighted by Crippen LogP contribution is 2.31. The van der Waals surface area contributed by atoms with Gasteiger partial charge in [-0.25, -0.2) is 18.6 Å². The molecule has 0 fully saturated rings. The van der Waals surface area contributed by atoms with E-state index in [1.54, 1.807) is 31.5 Å². The van der Waals surface area contributed by atoms with Crippen LogP contribution < -0.4 is 5.32 Å². The third kappa shape index (κ3) is 3.52. The molecule has 0 saturated carbocycles. The summed E-state index contributed by atoms with van der Waals surface area (Å²) >= 11 is 0. The molecule has 1 aliphatic rings. The third-order valence-electron chi connectivity index (χ3n) is 4.32. The molecule has 4 rings (SSSR count). The maximum absolute atomic E-state index is 14.0. The second-order valence-corrected chi connectivity index (χ2v) is 6.26. The molecule has 9 heteroatoms. The molecular weight excluding hydrogens is 396 g/mol. The second kappa shape index (κ2) is 7.78. The number of allylic oxidation sites excluding steroid dienone is 1. The van der Waals surface area contributed by atoms with Crippen LogP contribution in [0.25, 0.3) is 17.1 Å². The van der Waals surface area contributed by atoms with Crippen molar-refractivity contribution in [3.63, 3.8) is 0 Å². The number of aromatic nitrogens is 2. The van der Waals surface area contributed by atoms with E-state index in [-0.39, 0.29) is 23.9 Å². The predicted molar refractivity (Wildman–Crippen MR) is 104 cm³/mol. The summed E-state index contributed by atoms with van der Waals surface area (Å²) < 4.78 is 37.7. The Bertz CT molecular complexity index is 1230. The Morgan fingerprint density at radius 3 is 2.93 bits per heavy atom. The van der Waals surface area contributed by atoms with Crippen LogP contribution in [0.4, 0.5) is 14.5 Å². The number of hydrogen-bond donors (Lipinski definition) is 2. The van der Waals surface area contributed by atoms with Crippen LogP contribution in [0.3, 0.4) is 0 Å². The number of H-pyrrole nitrogens is 1. The minimum atomic E-state index is -0.920. The van der Waals surface area contributed by atoms with Gasteiger partial charge in [-0.05, 0) is 37.3 Å². The number of pyridine rings is 1. The number of rotatable bonds is 5.